The van der Waals surface area contributed by atoms with Gasteiger partial charge in [0.25, 0.3) is 0 Å². The van der Waals surface area contributed by atoms with Crippen LogP contribution in [0.3, 0.4) is 0 Å². The number of likely N-dealkylation sites (N-methyl/N-ethyl adjacent to an activating group) is 1. The van der Waals surface area contributed by atoms with Crippen molar-refractivity contribution in [1.82, 2.24) is 15.1 Å². The van der Waals surface area contributed by atoms with Gasteiger partial charge in [-0.25, -0.2) is 0 Å². The minimum absolute atomic E-state index is 0.0308. The van der Waals surface area contributed by atoms with Gasteiger partial charge in [0.15, 0.2) is 0 Å². The Bertz CT molecular complexity index is 334. The Morgan fingerprint density at radius 3 is 2.70 bits per heavy atom. The largest absolute Gasteiger partial charge is 0.324 e. The molecule has 2 aliphatic rings. The van der Waals surface area contributed by atoms with Gasteiger partial charge >= 0.3 is 0 Å². The lowest BCUT2D eigenvalue weighted by Crippen LogP contribution is -2.45. The molecule has 0 aromatic rings. The number of nitrogens with one attached hydrogen (secondary N) is 1. The highest BCUT2D eigenvalue weighted by molar-refractivity contribution is 5.84. The molecule has 1 N–H and O–H groups in total. The van der Waals surface area contributed by atoms with Crippen LogP contribution in [0.1, 0.15) is 52.9 Å². The average molecular weight is 281 g/mol. The maximum Gasteiger partial charge on any atom is 0.241 e. The fraction of sp³-hybridized carbons (Fsp3) is 0.938. The Balaban J connectivity index is 2.04. The molecule has 0 aliphatic carbocycles. The summed E-state index contributed by atoms with van der Waals surface area (Å²) in [5.41, 5.74) is 0. The van der Waals surface area contributed by atoms with Gasteiger partial charge in [-0.15, -0.1) is 0 Å². The van der Waals surface area contributed by atoms with E-state index in [4.69, 9.17) is 0 Å². The number of likely N-dealkylation sites (tertiary alicyclic amines) is 1. The molecule has 0 aromatic carbocycles. The van der Waals surface area contributed by atoms with Crippen LogP contribution in [0.15, 0.2) is 0 Å². The van der Waals surface area contributed by atoms with E-state index in [9.17, 15) is 4.79 Å². The summed E-state index contributed by atoms with van der Waals surface area (Å²) in [4.78, 5) is 17.3. The molecular weight excluding hydrogens is 250 g/mol. The van der Waals surface area contributed by atoms with Crippen LogP contribution >= 0.6 is 0 Å². The summed E-state index contributed by atoms with van der Waals surface area (Å²) >= 11 is 0. The zero-order valence-corrected chi connectivity index (χ0v) is 13.6. The maximum atomic E-state index is 12.7. The van der Waals surface area contributed by atoms with Crippen molar-refractivity contribution in [2.75, 3.05) is 20.1 Å². The standard InChI is InChI=1S/C16H31N3O/c1-5-8-14-17-15(12(3)6-2)16(20)19(14)11-13-9-7-10-18(13)4/h12-15,17H,5-11H2,1-4H3. The van der Waals surface area contributed by atoms with E-state index in [1.807, 2.05) is 0 Å². The van der Waals surface area contributed by atoms with E-state index >= 15 is 0 Å². The predicted molar refractivity (Wildman–Crippen MR) is 82.4 cm³/mol. The van der Waals surface area contributed by atoms with Crippen molar-refractivity contribution >= 4 is 5.91 Å². The lowest BCUT2D eigenvalue weighted by atomic mass is 9.99. The van der Waals surface area contributed by atoms with Gasteiger partial charge in [0.2, 0.25) is 5.91 Å². The maximum absolute atomic E-state index is 12.7. The van der Waals surface area contributed by atoms with E-state index in [0.717, 1.165) is 25.8 Å². The molecule has 20 heavy (non-hydrogen) atoms. The Labute approximate surface area is 123 Å². The monoisotopic (exact) mass is 281 g/mol. The summed E-state index contributed by atoms with van der Waals surface area (Å²) in [6.07, 6.45) is 5.99. The number of carbonyl (C=O) groups is 1. The number of nitrogens with zero attached hydrogens (tertiary/aromatic N) is 2. The summed E-state index contributed by atoms with van der Waals surface area (Å²) in [6, 6.07) is 0.582. The van der Waals surface area contributed by atoms with Crippen molar-refractivity contribution in [1.29, 1.82) is 0 Å². The second-order valence-electron chi connectivity index (χ2n) is 6.60. The molecule has 4 nitrogen and oxygen atoms in total. The van der Waals surface area contributed by atoms with Crippen LogP contribution in [-0.4, -0.2) is 54.1 Å². The van der Waals surface area contributed by atoms with Gasteiger partial charge in [-0.2, -0.15) is 0 Å². The summed E-state index contributed by atoms with van der Waals surface area (Å²) in [5.74, 6) is 0.756. The van der Waals surface area contributed by atoms with Crippen LogP contribution in [-0.2, 0) is 4.79 Å². The van der Waals surface area contributed by atoms with Gasteiger partial charge in [0.1, 0.15) is 0 Å². The van der Waals surface area contributed by atoms with Crippen LogP contribution < -0.4 is 5.32 Å². The van der Waals surface area contributed by atoms with Crippen LogP contribution in [0, 0.1) is 5.92 Å². The van der Waals surface area contributed by atoms with Gasteiger partial charge in [-0.1, -0.05) is 33.6 Å². The zero-order valence-electron chi connectivity index (χ0n) is 13.6. The first-order valence-electron chi connectivity index (χ1n) is 8.35. The van der Waals surface area contributed by atoms with Crippen LogP contribution in [0.4, 0.5) is 0 Å². The van der Waals surface area contributed by atoms with Crippen molar-refractivity contribution in [3.05, 3.63) is 0 Å². The van der Waals surface area contributed by atoms with Crippen molar-refractivity contribution in [3.8, 4) is 0 Å². The van der Waals surface area contributed by atoms with Gasteiger partial charge in [-0.3, -0.25) is 10.1 Å². The van der Waals surface area contributed by atoms with Gasteiger partial charge < -0.3 is 9.80 Å². The number of rotatable bonds is 6. The van der Waals surface area contributed by atoms with Crippen molar-refractivity contribution in [2.45, 2.75) is 71.1 Å². The van der Waals surface area contributed by atoms with Crippen molar-refractivity contribution in [2.24, 2.45) is 5.92 Å². The second-order valence-corrected chi connectivity index (χ2v) is 6.60. The molecule has 2 saturated heterocycles. The third kappa shape index (κ3) is 3.17. The number of carbonyl (C=O) groups excluding carboxylic acids is 1. The molecule has 0 bridgehead atoms. The van der Waals surface area contributed by atoms with E-state index in [-0.39, 0.29) is 12.2 Å². The molecule has 4 unspecified atom stereocenters. The van der Waals surface area contributed by atoms with Crippen molar-refractivity contribution < 1.29 is 4.79 Å². The fourth-order valence-corrected chi connectivity index (χ4v) is 3.51. The molecule has 1 amide bonds. The van der Waals surface area contributed by atoms with Crippen molar-refractivity contribution in [3.63, 3.8) is 0 Å². The lowest BCUT2D eigenvalue weighted by molar-refractivity contribution is -0.131. The first-order valence-corrected chi connectivity index (χ1v) is 8.35. The highest BCUT2D eigenvalue weighted by Gasteiger charge is 2.41. The minimum Gasteiger partial charge on any atom is -0.324 e. The summed E-state index contributed by atoms with van der Waals surface area (Å²) in [6.45, 7) is 8.63. The average Bonchev–Trinajstić information content (AvgIpc) is 2.97. The predicted octanol–water partition coefficient (Wildman–Crippen LogP) is 2.05. The van der Waals surface area contributed by atoms with Crippen LogP contribution in [0.2, 0.25) is 0 Å². The number of hydrogen-bond donors (Lipinski definition) is 1. The summed E-state index contributed by atoms with van der Waals surface area (Å²) < 4.78 is 0. The highest BCUT2D eigenvalue weighted by atomic mass is 16.2. The third-order valence-electron chi connectivity index (χ3n) is 5.15. The summed E-state index contributed by atoms with van der Waals surface area (Å²) in [5, 5.41) is 3.59. The molecule has 0 aromatic heterocycles. The molecule has 0 radical (unpaired) electrons. The SMILES string of the molecule is CCCC1NC(C(C)CC)C(=O)N1CC1CCCN1C. The third-order valence-corrected chi connectivity index (χ3v) is 5.15. The molecule has 2 rings (SSSR count). The summed E-state index contributed by atoms with van der Waals surface area (Å²) in [7, 11) is 2.19. The molecule has 4 heteroatoms. The normalized spacial score (nSPS) is 33.1. The fourth-order valence-electron chi connectivity index (χ4n) is 3.51. The Kier molecular flexibility index (Phi) is 5.44. The van der Waals surface area contributed by atoms with E-state index in [0.29, 0.717) is 17.9 Å². The van der Waals surface area contributed by atoms with Crippen LogP contribution in [0.5, 0.6) is 0 Å². The first kappa shape index (κ1) is 15.8. The Hall–Kier alpha value is -0.610. The Morgan fingerprint density at radius 1 is 1.40 bits per heavy atom. The number of hydrogen-bond acceptors (Lipinski definition) is 3. The lowest BCUT2D eigenvalue weighted by Gasteiger charge is -2.29. The quantitative estimate of drug-likeness (QED) is 0.809. The molecule has 2 fully saturated rings. The Morgan fingerprint density at radius 2 is 2.15 bits per heavy atom. The van der Waals surface area contributed by atoms with Gasteiger partial charge in [0.05, 0.1) is 12.2 Å². The van der Waals surface area contributed by atoms with Gasteiger partial charge in [-0.05, 0) is 38.8 Å². The van der Waals surface area contributed by atoms with E-state index in [1.165, 1.54) is 19.4 Å². The molecule has 4 atom stereocenters. The topological polar surface area (TPSA) is 35.6 Å². The second kappa shape index (κ2) is 6.90. The smallest absolute Gasteiger partial charge is 0.241 e. The molecule has 0 saturated carbocycles. The van der Waals surface area contributed by atoms with Crippen LogP contribution in [0.25, 0.3) is 0 Å². The molecule has 0 spiro atoms. The minimum atomic E-state index is 0.0308. The first-order chi connectivity index (χ1) is 9.58. The van der Waals surface area contributed by atoms with Gasteiger partial charge in [0, 0.05) is 12.6 Å². The molecule has 2 aliphatic heterocycles. The highest BCUT2D eigenvalue weighted by Crippen LogP contribution is 2.24. The van der Waals surface area contributed by atoms with E-state index in [2.05, 4.69) is 42.9 Å². The number of amides is 1. The van der Waals surface area contributed by atoms with E-state index < -0.39 is 0 Å². The molecular formula is C16H31N3O. The molecule has 2 heterocycles. The van der Waals surface area contributed by atoms with E-state index in [1.54, 1.807) is 0 Å². The zero-order chi connectivity index (χ0) is 14.7. The molecule has 116 valence electrons.